The van der Waals surface area contributed by atoms with E-state index in [1.165, 1.54) is 12.8 Å². The van der Waals surface area contributed by atoms with Crippen molar-refractivity contribution in [1.29, 1.82) is 0 Å². The molecule has 1 aromatic carbocycles. The van der Waals surface area contributed by atoms with Gasteiger partial charge in [0.2, 0.25) is 5.79 Å². The quantitative estimate of drug-likeness (QED) is 0.690. The first kappa shape index (κ1) is 17.0. The number of para-hydroxylation sites is 1. The molecule has 4 heteroatoms. The standard InChI is InChI=1S/C19H30O3Si/c1-18(2,3)23(4,5)20-14-17-15-10-6-7-11-16(15)21-19(22-17)12-8-9-13-19/h6-7,10-11,17H,8-9,12-14H2,1-5H3. The van der Waals surface area contributed by atoms with Gasteiger partial charge >= 0.3 is 0 Å². The molecular formula is C19H30O3Si. The zero-order valence-corrected chi connectivity index (χ0v) is 16.1. The van der Waals surface area contributed by atoms with Crippen molar-refractivity contribution in [2.75, 3.05) is 6.61 Å². The van der Waals surface area contributed by atoms with Crippen molar-refractivity contribution < 1.29 is 13.9 Å². The molecular weight excluding hydrogens is 304 g/mol. The summed E-state index contributed by atoms with van der Waals surface area (Å²) in [6, 6.07) is 8.27. The summed E-state index contributed by atoms with van der Waals surface area (Å²) in [4.78, 5) is 0. The number of ether oxygens (including phenoxy) is 2. The van der Waals surface area contributed by atoms with Crippen LogP contribution in [0.5, 0.6) is 5.75 Å². The van der Waals surface area contributed by atoms with Gasteiger partial charge < -0.3 is 13.9 Å². The van der Waals surface area contributed by atoms with Gasteiger partial charge in [-0.15, -0.1) is 0 Å². The molecule has 23 heavy (non-hydrogen) atoms. The third kappa shape index (κ3) is 3.35. The van der Waals surface area contributed by atoms with Crippen molar-refractivity contribution in [2.45, 2.75) is 76.5 Å². The molecule has 128 valence electrons. The molecule has 1 heterocycles. The molecule has 0 saturated heterocycles. The molecule has 1 aliphatic carbocycles. The van der Waals surface area contributed by atoms with E-state index in [2.05, 4.69) is 52.1 Å². The first-order valence-electron chi connectivity index (χ1n) is 8.82. The minimum atomic E-state index is -1.78. The van der Waals surface area contributed by atoms with Crippen LogP contribution in [-0.2, 0) is 9.16 Å². The van der Waals surface area contributed by atoms with Crippen LogP contribution in [0.3, 0.4) is 0 Å². The van der Waals surface area contributed by atoms with Crippen molar-refractivity contribution in [2.24, 2.45) is 0 Å². The Morgan fingerprint density at radius 1 is 1.17 bits per heavy atom. The predicted molar refractivity (Wildman–Crippen MR) is 95.2 cm³/mol. The monoisotopic (exact) mass is 334 g/mol. The van der Waals surface area contributed by atoms with E-state index in [4.69, 9.17) is 13.9 Å². The Kier molecular flexibility index (Phi) is 4.36. The molecule has 1 fully saturated rings. The lowest BCUT2D eigenvalue weighted by Gasteiger charge is -2.42. The van der Waals surface area contributed by atoms with Gasteiger partial charge in [0.15, 0.2) is 8.32 Å². The van der Waals surface area contributed by atoms with Crippen LogP contribution in [0, 0.1) is 0 Å². The Labute approximate surface area is 141 Å². The normalized spacial score (nSPS) is 23.6. The van der Waals surface area contributed by atoms with Crippen LogP contribution < -0.4 is 4.74 Å². The summed E-state index contributed by atoms with van der Waals surface area (Å²) in [6.07, 6.45) is 4.30. The first-order chi connectivity index (χ1) is 10.7. The number of benzene rings is 1. The Bertz CT molecular complexity index is 556. The van der Waals surface area contributed by atoms with E-state index < -0.39 is 14.1 Å². The lowest BCUT2D eigenvalue weighted by Crippen LogP contribution is -2.45. The largest absolute Gasteiger partial charge is 0.462 e. The fourth-order valence-electron chi connectivity index (χ4n) is 3.14. The van der Waals surface area contributed by atoms with Gasteiger partial charge in [0.25, 0.3) is 0 Å². The van der Waals surface area contributed by atoms with Gasteiger partial charge in [0.05, 0.1) is 6.61 Å². The summed E-state index contributed by atoms with van der Waals surface area (Å²) in [5.41, 5.74) is 1.13. The maximum absolute atomic E-state index is 6.45. The zero-order chi connectivity index (χ0) is 16.7. The number of hydrogen-bond acceptors (Lipinski definition) is 3. The van der Waals surface area contributed by atoms with E-state index in [9.17, 15) is 0 Å². The van der Waals surface area contributed by atoms with Crippen LogP contribution in [0.2, 0.25) is 18.1 Å². The van der Waals surface area contributed by atoms with Crippen LogP contribution in [-0.4, -0.2) is 20.7 Å². The van der Waals surface area contributed by atoms with E-state index in [1.807, 2.05) is 6.07 Å². The summed E-state index contributed by atoms with van der Waals surface area (Å²) < 4.78 is 19.1. The average Bonchev–Trinajstić information content (AvgIpc) is 2.91. The Balaban J connectivity index is 1.80. The third-order valence-electron chi connectivity index (χ3n) is 5.69. The molecule has 1 saturated carbocycles. The van der Waals surface area contributed by atoms with E-state index in [0.717, 1.165) is 24.2 Å². The third-order valence-corrected chi connectivity index (χ3v) is 10.2. The Morgan fingerprint density at radius 3 is 2.48 bits per heavy atom. The molecule has 1 atom stereocenters. The van der Waals surface area contributed by atoms with E-state index in [1.54, 1.807) is 0 Å². The van der Waals surface area contributed by atoms with Crippen LogP contribution in [0.15, 0.2) is 24.3 Å². The highest BCUT2D eigenvalue weighted by molar-refractivity contribution is 6.74. The van der Waals surface area contributed by atoms with E-state index >= 15 is 0 Å². The SMILES string of the molecule is CC(C)(C)[Si](C)(C)OCC1OC2(CCCC2)Oc2ccccc21. The molecule has 0 radical (unpaired) electrons. The van der Waals surface area contributed by atoms with Crippen molar-refractivity contribution in [3.05, 3.63) is 29.8 Å². The summed E-state index contributed by atoms with van der Waals surface area (Å²) in [5, 5.41) is 0.211. The average molecular weight is 335 g/mol. The molecule has 0 N–H and O–H groups in total. The van der Waals surface area contributed by atoms with Crippen LogP contribution >= 0.6 is 0 Å². The first-order valence-corrected chi connectivity index (χ1v) is 11.7. The predicted octanol–water partition coefficient (Wildman–Crippen LogP) is 5.43. The Hall–Kier alpha value is -0.843. The van der Waals surface area contributed by atoms with Crippen molar-refractivity contribution >= 4 is 8.32 Å². The number of hydrogen-bond donors (Lipinski definition) is 0. The van der Waals surface area contributed by atoms with Gasteiger partial charge in [-0.05, 0) is 37.0 Å². The summed E-state index contributed by atoms with van der Waals surface area (Å²) in [7, 11) is -1.78. The van der Waals surface area contributed by atoms with Crippen molar-refractivity contribution in [1.82, 2.24) is 0 Å². The minimum Gasteiger partial charge on any atom is -0.462 e. The molecule has 3 nitrogen and oxygen atoms in total. The topological polar surface area (TPSA) is 27.7 Å². The van der Waals surface area contributed by atoms with Gasteiger partial charge in [-0.3, -0.25) is 0 Å². The smallest absolute Gasteiger partial charge is 0.211 e. The molecule has 0 aromatic heterocycles. The fourth-order valence-corrected chi connectivity index (χ4v) is 4.15. The number of fused-ring (bicyclic) bond motifs is 1. The lowest BCUT2D eigenvalue weighted by atomic mass is 10.1. The molecule has 1 aromatic rings. The fraction of sp³-hybridized carbons (Fsp3) is 0.684. The minimum absolute atomic E-state index is 0.0211. The highest BCUT2D eigenvalue weighted by Crippen LogP contribution is 2.46. The molecule has 1 unspecified atom stereocenters. The van der Waals surface area contributed by atoms with Crippen LogP contribution in [0.25, 0.3) is 0 Å². The summed E-state index contributed by atoms with van der Waals surface area (Å²) in [5.74, 6) is 0.556. The molecule has 3 rings (SSSR count). The van der Waals surface area contributed by atoms with Gasteiger partial charge in [-0.2, -0.15) is 0 Å². The summed E-state index contributed by atoms with van der Waals surface area (Å²) in [6.45, 7) is 12.0. The van der Waals surface area contributed by atoms with Crippen molar-refractivity contribution in [3.63, 3.8) is 0 Å². The highest BCUT2D eigenvalue weighted by Gasteiger charge is 2.45. The molecule has 0 amide bonds. The second-order valence-corrected chi connectivity index (χ2v) is 13.2. The maximum atomic E-state index is 6.45. The maximum Gasteiger partial charge on any atom is 0.211 e. The second kappa shape index (κ2) is 5.90. The van der Waals surface area contributed by atoms with Gasteiger partial charge in [0.1, 0.15) is 11.9 Å². The van der Waals surface area contributed by atoms with Gasteiger partial charge in [0, 0.05) is 18.4 Å². The van der Waals surface area contributed by atoms with Gasteiger partial charge in [-0.25, -0.2) is 0 Å². The molecule has 0 bridgehead atoms. The van der Waals surface area contributed by atoms with Crippen LogP contribution in [0.1, 0.15) is 58.1 Å². The molecule has 1 aliphatic heterocycles. The van der Waals surface area contributed by atoms with Crippen molar-refractivity contribution in [3.8, 4) is 5.75 Å². The Morgan fingerprint density at radius 2 is 1.83 bits per heavy atom. The highest BCUT2D eigenvalue weighted by atomic mass is 28.4. The van der Waals surface area contributed by atoms with E-state index in [0.29, 0.717) is 6.61 Å². The van der Waals surface area contributed by atoms with Crippen LogP contribution in [0.4, 0.5) is 0 Å². The van der Waals surface area contributed by atoms with Gasteiger partial charge in [-0.1, -0.05) is 39.0 Å². The summed E-state index contributed by atoms with van der Waals surface area (Å²) >= 11 is 0. The van der Waals surface area contributed by atoms with E-state index in [-0.39, 0.29) is 11.1 Å². The lowest BCUT2D eigenvalue weighted by molar-refractivity contribution is -0.231. The molecule has 1 spiro atoms. The molecule has 2 aliphatic rings. The zero-order valence-electron chi connectivity index (χ0n) is 15.1. The number of rotatable bonds is 3. The second-order valence-electron chi connectivity index (χ2n) is 8.44.